The summed E-state index contributed by atoms with van der Waals surface area (Å²) in [5.74, 6) is 0.876. The normalized spacial score (nSPS) is 14.0. The molecule has 0 amide bonds. The topological polar surface area (TPSA) is 90.9 Å². The molecule has 1 unspecified atom stereocenters. The zero-order chi connectivity index (χ0) is 12.3. The summed E-state index contributed by atoms with van der Waals surface area (Å²) >= 11 is 0. The van der Waals surface area contributed by atoms with E-state index in [1.807, 2.05) is 13.8 Å². The van der Waals surface area contributed by atoms with Crippen molar-refractivity contribution >= 4 is 10.0 Å². The van der Waals surface area contributed by atoms with Crippen LogP contribution in [-0.4, -0.2) is 23.2 Å². The Kier molecular flexibility index (Phi) is 4.03. The summed E-state index contributed by atoms with van der Waals surface area (Å²) in [6.07, 6.45) is 1.96. The first-order valence-corrected chi connectivity index (χ1v) is 6.92. The Morgan fingerprint density at radius 2 is 2.00 bits per heavy atom. The van der Waals surface area contributed by atoms with Gasteiger partial charge in [-0.15, -0.1) is 10.2 Å². The number of hydrogen-bond donors (Lipinski definition) is 1. The van der Waals surface area contributed by atoms with E-state index in [0.717, 1.165) is 12.8 Å². The lowest BCUT2D eigenvalue weighted by Crippen LogP contribution is -2.19. The molecule has 92 valence electrons. The molecule has 0 aliphatic carbocycles. The molecule has 0 spiro atoms. The highest BCUT2D eigenvalue weighted by molar-refractivity contribution is 7.89. The third-order valence-electron chi connectivity index (χ3n) is 2.48. The molecule has 0 aliphatic rings. The van der Waals surface area contributed by atoms with Crippen LogP contribution in [0, 0.1) is 0 Å². The van der Waals surface area contributed by atoms with Crippen molar-refractivity contribution in [3.63, 3.8) is 0 Å². The van der Waals surface area contributed by atoms with Crippen LogP contribution in [0.5, 0.6) is 0 Å². The third kappa shape index (κ3) is 2.59. The molecule has 1 rings (SSSR count). The van der Waals surface area contributed by atoms with Crippen molar-refractivity contribution in [1.29, 1.82) is 0 Å². The zero-order valence-electron chi connectivity index (χ0n) is 9.84. The summed E-state index contributed by atoms with van der Waals surface area (Å²) < 4.78 is 24.1. The summed E-state index contributed by atoms with van der Waals surface area (Å²) in [7, 11) is -3.78. The molecule has 0 saturated carbocycles. The molecule has 0 saturated heterocycles. The van der Waals surface area contributed by atoms with Gasteiger partial charge in [0, 0.05) is 12.5 Å². The average molecular weight is 246 g/mol. The van der Waals surface area contributed by atoms with Crippen LogP contribution in [0.1, 0.15) is 45.4 Å². The number of aromatic nitrogens is 3. The van der Waals surface area contributed by atoms with Gasteiger partial charge in [0.1, 0.15) is 5.82 Å². The molecular formula is C9H18N4O2S. The summed E-state index contributed by atoms with van der Waals surface area (Å²) in [6.45, 7) is 6.43. The van der Waals surface area contributed by atoms with Crippen LogP contribution >= 0.6 is 0 Å². The van der Waals surface area contributed by atoms with Crippen LogP contribution in [-0.2, 0) is 16.6 Å². The van der Waals surface area contributed by atoms with E-state index < -0.39 is 10.0 Å². The number of nitrogens with zero attached hydrogens (tertiary/aromatic N) is 3. The van der Waals surface area contributed by atoms with Crippen molar-refractivity contribution in [3.8, 4) is 0 Å². The SMILES string of the molecule is CCCC(C)c1nnc(S(N)(=O)=O)n1CC. The van der Waals surface area contributed by atoms with Gasteiger partial charge in [-0.3, -0.25) is 0 Å². The first kappa shape index (κ1) is 13.1. The Morgan fingerprint density at radius 1 is 1.38 bits per heavy atom. The predicted octanol–water partition coefficient (Wildman–Crippen LogP) is 0.849. The number of primary sulfonamides is 1. The van der Waals surface area contributed by atoms with Gasteiger partial charge in [0.25, 0.3) is 15.2 Å². The molecule has 2 N–H and O–H groups in total. The zero-order valence-corrected chi connectivity index (χ0v) is 10.7. The van der Waals surface area contributed by atoms with E-state index in [2.05, 4.69) is 17.1 Å². The maximum absolute atomic E-state index is 11.3. The fourth-order valence-electron chi connectivity index (χ4n) is 1.73. The van der Waals surface area contributed by atoms with Gasteiger partial charge in [-0.2, -0.15) is 0 Å². The first-order chi connectivity index (χ1) is 7.41. The smallest absolute Gasteiger partial charge is 0.273 e. The van der Waals surface area contributed by atoms with Crippen LogP contribution in [0.3, 0.4) is 0 Å². The maximum Gasteiger partial charge on any atom is 0.273 e. The lowest BCUT2D eigenvalue weighted by molar-refractivity contribution is 0.540. The van der Waals surface area contributed by atoms with E-state index in [-0.39, 0.29) is 11.1 Å². The molecule has 1 heterocycles. The van der Waals surface area contributed by atoms with Gasteiger partial charge in [0.2, 0.25) is 0 Å². The Morgan fingerprint density at radius 3 is 2.44 bits per heavy atom. The van der Waals surface area contributed by atoms with Crippen molar-refractivity contribution < 1.29 is 8.42 Å². The second kappa shape index (κ2) is 4.92. The van der Waals surface area contributed by atoms with Crippen LogP contribution in [0.4, 0.5) is 0 Å². The highest BCUT2D eigenvalue weighted by Crippen LogP contribution is 2.20. The Labute approximate surface area is 95.9 Å². The second-order valence-corrected chi connectivity index (χ2v) is 5.27. The molecule has 1 aromatic rings. The van der Waals surface area contributed by atoms with Crippen molar-refractivity contribution in [2.45, 2.75) is 51.2 Å². The molecule has 6 nitrogen and oxygen atoms in total. The monoisotopic (exact) mass is 246 g/mol. The highest BCUT2D eigenvalue weighted by Gasteiger charge is 2.22. The van der Waals surface area contributed by atoms with Gasteiger partial charge in [-0.05, 0) is 13.3 Å². The van der Waals surface area contributed by atoms with Gasteiger partial charge in [0.05, 0.1) is 0 Å². The lowest BCUT2D eigenvalue weighted by atomic mass is 10.1. The van der Waals surface area contributed by atoms with E-state index in [9.17, 15) is 8.42 Å². The van der Waals surface area contributed by atoms with Crippen LogP contribution in [0.2, 0.25) is 0 Å². The standard InChI is InChI=1S/C9H18N4O2S/c1-4-6-7(3)8-11-12-9(13(8)5-2)16(10,14)15/h7H,4-6H2,1-3H3,(H2,10,14,15). The molecule has 1 aromatic heterocycles. The third-order valence-corrected chi connectivity index (χ3v) is 3.29. The molecule has 7 heteroatoms. The fraction of sp³-hybridized carbons (Fsp3) is 0.778. The maximum atomic E-state index is 11.3. The fourth-order valence-corrected chi connectivity index (χ4v) is 2.42. The molecule has 0 fully saturated rings. The van der Waals surface area contributed by atoms with E-state index in [0.29, 0.717) is 12.4 Å². The Hall–Kier alpha value is -0.950. The second-order valence-electron chi connectivity index (χ2n) is 3.82. The van der Waals surface area contributed by atoms with Crippen LogP contribution in [0.25, 0.3) is 0 Å². The summed E-state index contributed by atoms with van der Waals surface area (Å²) in [4.78, 5) is 0. The Bertz CT molecular complexity index is 452. The van der Waals surface area contributed by atoms with Crippen molar-refractivity contribution in [3.05, 3.63) is 5.82 Å². The van der Waals surface area contributed by atoms with E-state index in [1.54, 1.807) is 4.57 Å². The van der Waals surface area contributed by atoms with Crippen molar-refractivity contribution in [2.75, 3.05) is 0 Å². The Balaban J connectivity index is 3.19. The molecule has 0 aromatic carbocycles. The average Bonchev–Trinajstić information content (AvgIpc) is 2.60. The minimum Gasteiger partial charge on any atom is -0.301 e. The van der Waals surface area contributed by atoms with E-state index >= 15 is 0 Å². The number of rotatable bonds is 5. The number of hydrogen-bond acceptors (Lipinski definition) is 4. The van der Waals surface area contributed by atoms with Crippen LogP contribution < -0.4 is 5.14 Å². The summed E-state index contributed by atoms with van der Waals surface area (Å²) in [6, 6.07) is 0. The van der Waals surface area contributed by atoms with Gasteiger partial charge in [-0.1, -0.05) is 20.3 Å². The van der Waals surface area contributed by atoms with Crippen molar-refractivity contribution in [2.24, 2.45) is 5.14 Å². The van der Waals surface area contributed by atoms with Crippen LogP contribution in [0.15, 0.2) is 5.16 Å². The van der Waals surface area contributed by atoms with E-state index in [1.165, 1.54) is 0 Å². The largest absolute Gasteiger partial charge is 0.301 e. The molecular weight excluding hydrogens is 228 g/mol. The minimum atomic E-state index is -3.78. The molecule has 1 atom stereocenters. The summed E-state index contributed by atoms with van der Waals surface area (Å²) in [5.41, 5.74) is 0. The van der Waals surface area contributed by atoms with Gasteiger partial charge in [0.15, 0.2) is 0 Å². The minimum absolute atomic E-state index is 0.145. The number of nitrogens with two attached hydrogens (primary N) is 1. The quantitative estimate of drug-likeness (QED) is 0.833. The number of sulfonamides is 1. The molecule has 16 heavy (non-hydrogen) atoms. The van der Waals surface area contributed by atoms with Gasteiger partial charge >= 0.3 is 0 Å². The lowest BCUT2D eigenvalue weighted by Gasteiger charge is -2.11. The van der Waals surface area contributed by atoms with E-state index in [4.69, 9.17) is 5.14 Å². The van der Waals surface area contributed by atoms with Crippen molar-refractivity contribution in [1.82, 2.24) is 14.8 Å². The molecule has 0 radical (unpaired) electrons. The molecule has 0 bridgehead atoms. The van der Waals surface area contributed by atoms with Gasteiger partial charge in [-0.25, -0.2) is 13.6 Å². The van der Waals surface area contributed by atoms with Gasteiger partial charge < -0.3 is 4.57 Å². The predicted molar refractivity (Wildman–Crippen MR) is 60.4 cm³/mol. The summed E-state index contributed by atoms with van der Waals surface area (Å²) in [5, 5.41) is 12.5. The molecule has 0 aliphatic heterocycles. The highest BCUT2D eigenvalue weighted by atomic mass is 32.2. The first-order valence-electron chi connectivity index (χ1n) is 5.37.